The zero-order chi connectivity index (χ0) is 25.0. The quantitative estimate of drug-likeness (QED) is 0.503. The molecule has 4 rings (SSSR count). The van der Waals surface area contributed by atoms with Crippen LogP contribution in [0.2, 0.25) is 0 Å². The maximum Gasteiger partial charge on any atom is 0.241 e. The molecular formula is C25H30N4O5S. The fourth-order valence-corrected chi connectivity index (χ4v) is 4.77. The first-order valence-electron chi connectivity index (χ1n) is 11.5. The van der Waals surface area contributed by atoms with E-state index >= 15 is 0 Å². The summed E-state index contributed by atoms with van der Waals surface area (Å²) < 4.78 is 33.9. The third-order valence-electron chi connectivity index (χ3n) is 6.30. The summed E-state index contributed by atoms with van der Waals surface area (Å²) in [6.07, 6.45) is 2.66. The predicted octanol–water partition coefficient (Wildman–Crippen LogP) is 3.24. The van der Waals surface area contributed by atoms with Crippen LogP contribution in [0.5, 0.6) is 5.75 Å². The van der Waals surface area contributed by atoms with Crippen LogP contribution in [-0.2, 0) is 21.2 Å². The lowest BCUT2D eigenvalue weighted by Crippen LogP contribution is -2.40. The second-order valence-electron chi connectivity index (χ2n) is 8.86. The molecule has 9 nitrogen and oxygen atoms in total. The number of sulfone groups is 1. The van der Waals surface area contributed by atoms with Gasteiger partial charge in [-0.15, -0.1) is 0 Å². The Balaban J connectivity index is 1.26. The fraction of sp³-hybridized carbons (Fsp3) is 0.400. The fourth-order valence-electron chi connectivity index (χ4n) is 4.14. The van der Waals surface area contributed by atoms with Gasteiger partial charge in [0.15, 0.2) is 9.84 Å². The highest BCUT2D eigenvalue weighted by Crippen LogP contribution is 2.23. The van der Waals surface area contributed by atoms with E-state index in [1.165, 1.54) is 6.26 Å². The summed E-state index contributed by atoms with van der Waals surface area (Å²) in [7, 11) is -1.62. The molecule has 1 aromatic heterocycles. The number of nitrogens with zero attached hydrogens (tertiary/aromatic N) is 3. The summed E-state index contributed by atoms with van der Waals surface area (Å²) in [5.74, 6) is 1.80. The Morgan fingerprint density at radius 1 is 1.14 bits per heavy atom. The molecule has 1 unspecified atom stereocenters. The average Bonchev–Trinajstić information content (AvgIpc) is 3.32. The highest BCUT2D eigenvalue weighted by molar-refractivity contribution is 7.90. The number of hydrogen-bond acceptors (Lipinski definition) is 8. The van der Waals surface area contributed by atoms with E-state index in [-0.39, 0.29) is 22.8 Å². The van der Waals surface area contributed by atoms with Crippen molar-refractivity contribution < 1.29 is 22.5 Å². The molecular weight excluding hydrogens is 468 g/mol. The SMILES string of the molecule is COc1ccc(-c2noc(CN3CCC(C(=O)NC(C)c4ccc(S(C)(=O)=O)cc4)CC3)n2)cc1. The van der Waals surface area contributed by atoms with Crippen molar-refractivity contribution in [1.82, 2.24) is 20.4 Å². The van der Waals surface area contributed by atoms with E-state index in [2.05, 4.69) is 20.4 Å². The van der Waals surface area contributed by atoms with Gasteiger partial charge in [0.25, 0.3) is 0 Å². The Morgan fingerprint density at radius 3 is 2.40 bits per heavy atom. The number of carbonyl (C=O) groups excluding carboxylic acids is 1. The number of likely N-dealkylation sites (tertiary alicyclic amines) is 1. The van der Waals surface area contributed by atoms with E-state index in [9.17, 15) is 13.2 Å². The van der Waals surface area contributed by atoms with Gasteiger partial charge in [-0.2, -0.15) is 4.98 Å². The van der Waals surface area contributed by atoms with Crippen LogP contribution >= 0.6 is 0 Å². The van der Waals surface area contributed by atoms with Gasteiger partial charge in [0.1, 0.15) is 5.75 Å². The number of piperidine rings is 1. The molecule has 1 amide bonds. The summed E-state index contributed by atoms with van der Waals surface area (Å²) in [5, 5.41) is 7.14. The Kier molecular flexibility index (Phi) is 7.51. The summed E-state index contributed by atoms with van der Waals surface area (Å²) in [6.45, 7) is 3.96. The summed E-state index contributed by atoms with van der Waals surface area (Å²) in [4.78, 5) is 19.8. The van der Waals surface area contributed by atoms with Crippen molar-refractivity contribution in [3.05, 3.63) is 60.0 Å². The van der Waals surface area contributed by atoms with Crippen LogP contribution in [0.1, 0.15) is 37.3 Å². The monoisotopic (exact) mass is 498 g/mol. The molecule has 1 atom stereocenters. The first-order valence-corrected chi connectivity index (χ1v) is 13.4. The lowest BCUT2D eigenvalue weighted by molar-refractivity contribution is -0.127. The number of amides is 1. The topological polar surface area (TPSA) is 115 Å². The van der Waals surface area contributed by atoms with E-state index < -0.39 is 9.84 Å². The molecule has 0 saturated carbocycles. The second-order valence-corrected chi connectivity index (χ2v) is 10.9. The van der Waals surface area contributed by atoms with Crippen molar-refractivity contribution in [2.45, 2.75) is 37.2 Å². The van der Waals surface area contributed by atoms with Gasteiger partial charge in [0.05, 0.1) is 24.6 Å². The number of rotatable bonds is 8. The van der Waals surface area contributed by atoms with Gasteiger partial charge in [0, 0.05) is 17.7 Å². The van der Waals surface area contributed by atoms with E-state index in [0.29, 0.717) is 18.3 Å². The summed E-state index contributed by atoms with van der Waals surface area (Å²) in [6, 6.07) is 13.9. The second kappa shape index (κ2) is 10.6. The third-order valence-corrected chi connectivity index (χ3v) is 7.43. The molecule has 1 aliphatic heterocycles. The van der Waals surface area contributed by atoms with E-state index in [1.54, 1.807) is 31.4 Å². The first-order chi connectivity index (χ1) is 16.7. The molecule has 186 valence electrons. The average molecular weight is 499 g/mol. The molecule has 35 heavy (non-hydrogen) atoms. The molecule has 2 heterocycles. The van der Waals surface area contributed by atoms with Crippen LogP contribution < -0.4 is 10.1 Å². The van der Waals surface area contributed by atoms with E-state index in [1.807, 2.05) is 31.2 Å². The number of benzene rings is 2. The van der Waals surface area contributed by atoms with Crippen molar-refractivity contribution in [3.8, 4) is 17.1 Å². The molecule has 3 aromatic rings. The number of nitrogens with one attached hydrogen (secondary N) is 1. The van der Waals surface area contributed by atoms with Crippen molar-refractivity contribution in [1.29, 1.82) is 0 Å². The Hall–Kier alpha value is -3.24. The largest absolute Gasteiger partial charge is 0.497 e. The maximum atomic E-state index is 12.8. The lowest BCUT2D eigenvalue weighted by atomic mass is 9.95. The van der Waals surface area contributed by atoms with Crippen LogP contribution in [0, 0.1) is 5.92 Å². The van der Waals surface area contributed by atoms with Crippen LogP contribution in [-0.4, -0.2) is 55.8 Å². The maximum absolute atomic E-state index is 12.8. The lowest BCUT2D eigenvalue weighted by Gasteiger charge is -2.30. The number of aromatic nitrogens is 2. The number of hydrogen-bond donors (Lipinski definition) is 1. The molecule has 1 N–H and O–H groups in total. The predicted molar refractivity (Wildman–Crippen MR) is 130 cm³/mol. The zero-order valence-corrected chi connectivity index (χ0v) is 20.9. The van der Waals surface area contributed by atoms with Gasteiger partial charge < -0.3 is 14.6 Å². The van der Waals surface area contributed by atoms with Crippen LogP contribution in [0.4, 0.5) is 0 Å². The summed E-state index contributed by atoms with van der Waals surface area (Å²) in [5.41, 5.74) is 1.73. The summed E-state index contributed by atoms with van der Waals surface area (Å²) >= 11 is 0. The third kappa shape index (κ3) is 6.26. The van der Waals surface area contributed by atoms with Crippen LogP contribution in [0.25, 0.3) is 11.4 Å². The Labute approximate surface area is 205 Å². The number of methoxy groups -OCH3 is 1. The van der Waals surface area contributed by atoms with Gasteiger partial charge in [0.2, 0.25) is 17.6 Å². The smallest absolute Gasteiger partial charge is 0.241 e. The van der Waals surface area contributed by atoms with E-state index in [0.717, 1.165) is 42.8 Å². The molecule has 0 spiro atoms. The molecule has 0 bridgehead atoms. The Morgan fingerprint density at radius 2 is 1.80 bits per heavy atom. The Bertz CT molecular complexity index is 1250. The molecule has 0 aliphatic carbocycles. The van der Waals surface area contributed by atoms with Crippen molar-refractivity contribution in [2.24, 2.45) is 5.92 Å². The van der Waals surface area contributed by atoms with Crippen LogP contribution in [0.3, 0.4) is 0 Å². The highest BCUT2D eigenvalue weighted by Gasteiger charge is 2.27. The normalized spacial score (nSPS) is 16.1. The standard InChI is InChI=1S/C25H30N4O5S/c1-17(18-6-10-22(11-7-18)35(3,31)32)26-25(30)20-12-14-29(15-13-20)16-23-27-24(28-34-23)19-4-8-21(33-2)9-5-19/h4-11,17,20H,12-16H2,1-3H3,(H,26,30). The van der Waals surface area contributed by atoms with Gasteiger partial charge >= 0.3 is 0 Å². The minimum absolute atomic E-state index is 0.0175. The molecule has 10 heteroatoms. The van der Waals surface area contributed by atoms with Gasteiger partial charge in [-0.05, 0) is 74.8 Å². The first kappa shape index (κ1) is 24.9. The molecule has 0 radical (unpaired) electrons. The van der Waals surface area contributed by atoms with Crippen molar-refractivity contribution >= 4 is 15.7 Å². The van der Waals surface area contributed by atoms with Crippen molar-refractivity contribution in [3.63, 3.8) is 0 Å². The molecule has 2 aromatic carbocycles. The minimum atomic E-state index is -3.24. The molecule has 1 saturated heterocycles. The molecule has 1 fully saturated rings. The minimum Gasteiger partial charge on any atom is -0.497 e. The van der Waals surface area contributed by atoms with Gasteiger partial charge in [-0.1, -0.05) is 17.3 Å². The van der Waals surface area contributed by atoms with Crippen molar-refractivity contribution in [2.75, 3.05) is 26.5 Å². The van der Waals surface area contributed by atoms with Gasteiger partial charge in [-0.25, -0.2) is 8.42 Å². The van der Waals surface area contributed by atoms with E-state index in [4.69, 9.17) is 9.26 Å². The number of carbonyl (C=O) groups is 1. The molecule has 1 aliphatic rings. The highest BCUT2D eigenvalue weighted by atomic mass is 32.2. The van der Waals surface area contributed by atoms with Gasteiger partial charge in [-0.3, -0.25) is 9.69 Å². The zero-order valence-electron chi connectivity index (χ0n) is 20.1. The number of ether oxygens (including phenoxy) is 1. The van der Waals surface area contributed by atoms with Crippen LogP contribution in [0.15, 0.2) is 57.9 Å².